The molecule has 6 heteroatoms. The van der Waals surface area contributed by atoms with E-state index in [0.29, 0.717) is 19.3 Å². The molecule has 0 aromatic carbocycles. The van der Waals surface area contributed by atoms with Crippen LogP contribution in [0.4, 0.5) is 0 Å². The van der Waals surface area contributed by atoms with E-state index >= 15 is 0 Å². The summed E-state index contributed by atoms with van der Waals surface area (Å²) >= 11 is 0. The summed E-state index contributed by atoms with van der Waals surface area (Å²) in [7, 11) is 0. The van der Waals surface area contributed by atoms with Crippen molar-refractivity contribution < 1.29 is 28.6 Å². The van der Waals surface area contributed by atoms with E-state index < -0.39 is 6.10 Å². The van der Waals surface area contributed by atoms with Gasteiger partial charge in [0.25, 0.3) is 0 Å². The second kappa shape index (κ2) is 62.6. The van der Waals surface area contributed by atoms with Gasteiger partial charge in [0.1, 0.15) is 13.2 Å². The van der Waals surface area contributed by atoms with Crippen LogP contribution in [0.5, 0.6) is 0 Å². The smallest absolute Gasteiger partial charge is 0.306 e. The molecule has 1 atom stereocenters. The van der Waals surface area contributed by atoms with E-state index in [1.807, 2.05) is 0 Å². The Balaban J connectivity index is 4.48. The van der Waals surface area contributed by atoms with E-state index in [0.717, 1.165) is 122 Å². The van der Waals surface area contributed by atoms with E-state index in [1.165, 1.54) is 128 Å². The van der Waals surface area contributed by atoms with Crippen LogP contribution in [-0.2, 0) is 28.6 Å². The van der Waals surface area contributed by atoms with Crippen LogP contribution in [0.3, 0.4) is 0 Å². The van der Waals surface area contributed by atoms with Crippen molar-refractivity contribution in [3.8, 4) is 0 Å². The first-order valence-electron chi connectivity index (χ1n) is 31.4. The summed E-state index contributed by atoms with van der Waals surface area (Å²) in [4.78, 5) is 38.3. The lowest BCUT2D eigenvalue weighted by Gasteiger charge is -2.18. The molecule has 0 bridgehead atoms. The van der Waals surface area contributed by atoms with Crippen LogP contribution in [0.25, 0.3) is 0 Å². The molecular weight excluding hydrogens is 925 g/mol. The fraction of sp³-hybridized carbons (Fsp3) is 0.696. The first-order valence-corrected chi connectivity index (χ1v) is 31.4. The maximum absolute atomic E-state index is 12.9. The highest BCUT2D eigenvalue weighted by atomic mass is 16.6. The molecule has 75 heavy (non-hydrogen) atoms. The molecule has 0 spiro atoms. The van der Waals surface area contributed by atoms with Gasteiger partial charge in [-0.2, -0.15) is 0 Å². The van der Waals surface area contributed by atoms with Gasteiger partial charge in [-0.15, -0.1) is 0 Å². The Morgan fingerprint density at radius 2 is 0.520 bits per heavy atom. The first kappa shape index (κ1) is 71.1. The van der Waals surface area contributed by atoms with Gasteiger partial charge in [0, 0.05) is 19.3 Å². The van der Waals surface area contributed by atoms with Gasteiger partial charge in [0.15, 0.2) is 6.10 Å². The third kappa shape index (κ3) is 60.8. The van der Waals surface area contributed by atoms with Crippen molar-refractivity contribution in [2.45, 2.75) is 297 Å². The van der Waals surface area contributed by atoms with Gasteiger partial charge in [-0.05, 0) is 128 Å². The number of allylic oxidation sites excluding steroid dienone is 18. The number of rotatable bonds is 56. The normalized spacial score (nSPS) is 12.8. The average molecular weight is 1040 g/mol. The Hall–Kier alpha value is -3.93. The highest BCUT2D eigenvalue weighted by Gasteiger charge is 2.19. The molecule has 1 unspecified atom stereocenters. The second-order valence-corrected chi connectivity index (χ2v) is 20.6. The minimum absolute atomic E-state index is 0.0959. The SMILES string of the molecule is CC/C=C\C/C=C\C/C=C\C/C=C\C/C=C\CCCCCC(=O)OCC(COC(=O)CCCCCCCCCCC/C=C\CCCCCCCC)OC(=O)CCCCCCCC/C=C\C/C=C\C/C=C\CCCCC. The van der Waals surface area contributed by atoms with Crippen molar-refractivity contribution in [3.05, 3.63) is 109 Å². The molecule has 0 amide bonds. The first-order chi connectivity index (χ1) is 37.0. The predicted molar refractivity (Wildman–Crippen MR) is 325 cm³/mol. The lowest BCUT2D eigenvalue weighted by Crippen LogP contribution is -2.30. The van der Waals surface area contributed by atoms with E-state index in [-0.39, 0.29) is 31.1 Å². The summed E-state index contributed by atoms with van der Waals surface area (Å²) in [6, 6.07) is 0. The molecule has 0 radical (unpaired) electrons. The van der Waals surface area contributed by atoms with Crippen molar-refractivity contribution in [2.75, 3.05) is 13.2 Å². The Morgan fingerprint density at radius 1 is 0.280 bits per heavy atom. The Labute approximate surface area is 463 Å². The summed E-state index contributed by atoms with van der Waals surface area (Å²) in [6.07, 6.45) is 85.1. The lowest BCUT2D eigenvalue weighted by molar-refractivity contribution is -0.167. The molecule has 6 nitrogen and oxygen atoms in total. The Bertz CT molecular complexity index is 1520. The van der Waals surface area contributed by atoms with Crippen molar-refractivity contribution in [2.24, 2.45) is 0 Å². The molecule has 0 fully saturated rings. The monoisotopic (exact) mass is 1040 g/mol. The third-order valence-electron chi connectivity index (χ3n) is 13.2. The quantitative estimate of drug-likeness (QED) is 0.0261. The van der Waals surface area contributed by atoms with E-state index in [9.17, 15) is 14.4 Å². The molecule has 0 heterocycles. The zero-order valence-corrected chi connectivity index (χ0v) is 49.0. The van der Waals surface area contributed by atoms with Crippen LogP contribution in [0.1, 0.15) is 290 Å². The largest absolute Gasteiger partial charge is 0.462 e. The van der Waals surface area contributed by atoms with Crippen LogP contribution in [0.15, 0.2) is 109 Å². The van der Waals surface area contributed by atoms with Gasteiger partial charge < -0.3 is 14.2 Å². The maximum atomic E-state index is 12.9. The molecule has 0 aliphatic heterocycles. The van der Waals surface area contributed by atoms with Crippen LogP contribution in [-0.4, -0.2) is 37.2 Å². The Kier molecular flexibility index (Phi) is 59.3. The Morgan fingerprint density at radius 3 is 0.867 bits per heavy atom. The zero-order chi connectivity index (χ0) is 54.3. The zero-order valence-electron chi connectivity index (χ0n) is 49.0. The van der Waals surface area contributed by atoms with E-state index in [2.05, 4.69) is 130 Å². The van der Waals surface area contributed by atoms with Crippen molar-refractivity contribution in [1.82, 2.24) is 0 Å². The summed E-state index contributed by atoms with van der Waals surface area (Å²) in [5.41, 5.74) is 0. The number of ether oxygens (including phenoxy) is 3. The molecule has 0 saturated heterocycles. The number of esters is 3. The van der Waals surface area contributed by atoms with Crippen molar-refractivity contribution in [3.63, 3.8) is 0 Å². The lowest BCUT2D eigenvalue weighted by atomic mass is 10.1. The highest BCUT2D eigenvalue weighted by Crippen LogP contribution is 2.15. The maximum Gasteiger partial charge on any atom is 0.306 e. The molecule has 0 aromatic heterocycles. The minimum Gasteiger partial charge on any atom is -0.462 e. The summed E-state index contributed by atoms with van der Waals surface area (Å²) in [6.45, 7) is 6.47. The highest BCUT2D eigenvalue weighted by molar-refractivity contribution is 5.71. The fourth-order valence-electron chi connectivity index (χ4n) is 8.53. The topological polar surface area (TPSA) is 78.9 Å². The van der Waals surface area contributed by atoms with Crippen LogP contribution in [0, 0.1) is 0 Å². The second-order valence-electron chi connectivity index (χ2n) is 20.6. The summed E-state index contributed by atoms with van der Waals surface area (Å²) in [5, 5.41) is 0. The molecule has 0 aliphatic carbocycles. The van der Waals surface area contributed by atoms with Crippen LogP contribution < -0.4 is 0 Å². The van der Waals surface area contributed by atoms with E-state index in [1.54, 1.807) is 0 Å². The molecule has 0 saturated carbocycles. The molecule has 428 valence electrons. The van der Waals surface area contributed by atoms with Gasteiger partial charge in [-0.1, -0.05) is 252 Å². The molecule has 0 N–H and O–H groups in total. The molecular formula is C69H116O6. The molecule has 0 aromatic rings. The van der Waals surface area contributed by atoms with Gasteiger partial charge in [-0.25, -0.2) is 0 Å². The third-order valence-corrected chi connectivity index (χ3v) is 13.2. The van der Waals surface area contributed by atoms with Gasteiger partial charge in [-0.3, -0.25) is 14.4 Å². The van der Waals surface area contributed by atoms with Gasteiger partial charge >= 0.3 is 17.9 Å². The number of hydrogen-bond donors (Lipinski definition) is 0. The van der Waals surface area contributed by atoms with Crippen molar-refractivity contribution in [1.29, 1.82) is 0 Å². The fourth-order valence-corrected chi connectivity index (χ4v) is 8.53. The summed E-state index contributed by atoms with van der Waals surface area (Å²) < 4.78 is 16.9. The number of unbranched alkanes of at least 4 members (excludes halogenated alkanes) is 27. The van der Waals surface area contributed by atoms with Gasteiger partial charge in [0.2, 0.25) is 0 Å². The van der Waals surface area contributed by atoms with Crippen molar-refractivity contribution >= 4 is 17.9 Å². The number of hydrogen-bond acceptors (Lipinski definition) is 6. The number of carbonyl (C=O) groups excluding carboxylic acids is 3. The predicted octanol–water partition coefficient (Wildman–Crippen LogP) is 21.4. The average Bonchev–Trinajstić information content (AvgIpc) is 3.41. The van der Waals surface area contributed by atoms with Gasteiger partial charge in [0.05, 0.1) is 0 Å². The molecule has 0 aliphatic rings. The number of carbonyl (C=O) groups is 3. The minimum atomic E-state index is -0.803. The summed E-state index contributed by atoms with van der Waals surface area (Å²) in [5.74, 6) is -0.938. The molecule has 0 rings (SSSR count). The standard InChI is InChI=1S/C69H116O6/c1-4-7-10-13-16-19-22-25-28-31-34-37-40-43-46-49-52-55-58-61-67(70)73-64-66(75-69(72)63-60-57-54-51-48-45-42-39-36-33-30-27-24-21-18-15-12-9-6-3)65-74-68(71)62-59-56-53-50-47-44-41-38-35-32-29-26-23-20-17-14-11-8-5-2/h7,10,16,18-19,21,25-30,34,36-37,39,43,46,66H,4-6,8-9,11-15,17,20,22-24,31-33,35,38,40-42,44-45,47-65H2,1-3H3/b10-7-,19-16-,21-18-,28-25-,29-26-,30-27-,37-34-,39-36-,46-43-. The van der Waals surface area contributed by atoms with Crippen LogP contribution in [0.2, 0.25) is 0 Å². The van der Waals surface area contributed by atoms with Crippen LogP contribution >= 0.6 is 0 Å². The van der Waals surface area contributed by atoms with E-state index in [4.69, 9.17) is 14.2 Å².